The highest BCUT2D eigenvalue weighted by atomic mass is 16.6. The molecule has 1 heterocycles. The van der Waals surface area contributed by atoms with Gasteiger partial charge < -0.3 is 4.74 Å². The van der Waals surface area contributed by atoms with Crippen LogP contribution in [0.3, 0.4) is 0 Å². The average Bonchev–Trinajstić information content (AvgIpc) is 2.81. The van der Waals surface area contributed by atoms with Gasteiger partial charge in [-0.15, -0.1) is 0 Å². The highest BCUT2D eigenvalue weighted by molar-refractivity contribution is 5.98. The van der Waals surface area contributed by atoms with Crippen LogP contribution in [0.25, 0.3) is 0 Å². The Labute approximate surface area is 79.0 Å². The normalized spacial score (nSPS) is 32.9. The first-order valence-corrected chi connectivity index (χ1v) is 5.09. The van der Waals surface area contributed by atoms with Crippen LogP contribution in [0.2, 0.25) is 0 Å². The van der Waals surface area contributed by atoms with Crippen LogP contribution in [0, 0.1) is 0 Å². The smallest absolute Gasteiger partial charge is 0.159 e. The van der Waals surface area contributed by atoms with Gasteiger partial charge in [0.2, 0.25) is 0 Å². The molecule has 1 fully saturated rings. The third-order valence-corrected chi connectivity index (χ3v) is 3.07. The standard InChI is InChI=1S/C11H16O2/c1-3-10-11(13-10)6-8-7(2)4-5-9(8)12/h10-11H,3-6H2,1-2H3/t10-,11+/m1/s1. The molecule has 0 N–H and O–H groups in total. The van der Waals surface area contributed by atoms with Gasteiger partial charge in [-0.3, -0.25) is 4.79 Å². The highest BCUT2D eigenvalue weighted by Gasteiger charge is 2.39. The Kier molecular flexibility index (Phi) is 2.24. The minimum absolute atomic E-state index is 0.344. The van der Waals surface area contributed by atoms with E-state index in [9.17, 15) is 4.79 Å². The van der Waals surface area contributed by atoms with Gasteiger partial charge in [-0.1, -0.05) is 12.5 Å². The van der Waals surface area contributed by atoms with Gasteiger partial charge in [0.25, 0.3) is 0 Å². The van der Waals surface area contributed by atoms with Crippen LogP contribution < -0.4 is 0 Å². The number of hydrogen-bond acceptors (Lipinski definition) is 2. The largest absolute Gasteiger partial charge is 0.369 e. The summed E-state index contributed by atoms with van der Waals surface area (Å²) < 4.78 is 5.44. The van der Waals surface area contributed by atoms with Gasteiger partial charge in [0, 0.05) is 12.8 Å². The third-order valence-electron chi connectivity index (χ3n) is 3.07. The Bertz CT molecular complexity index is 265. The molecule has 0 radical (unpaired) electrons. The van der Waals surface area contributed by atoms with Gasteiger partial charge in [0.15, 0.2) is 5.78 Å². The summed E-state index contributed by atoms with van der Waals surface area (Å²) in [6.45, 7) is 4.20. The van der Waals surface area contributed by atoms with Crippen molar-refractivity contribution in [2.45, 2.75) is 51.7 Å². The lowest BCUT2D eigenvalue weighted by atomic mass is 10.0. The molecule has 0 amide bonds. The van der Waals surface area contributed by atoms with Crippen LogP contribution in [-0.4, -0.2) is 18.0 Å². The van der Waals surface area contributed by atoms with Crippen molar-refractivity contribution in [1.82, 2.24) is 0 Å². The zero-order chi connectivity index (χ0) is 9.42. The van der Waals surface area contributed by atoms with E-state index in [4.69, 9.17) is 4.74 Å². The van der Waals surface area contributed by atoms with Crippen LogP contribution in [0.5, 0.6) is 0 Å². The fraction of sp³-hybridized carbons (Fsp3) is 0.727. The van der Waals surface area contributed by atoms with E-state index in [1.165, 1.54) is 5.57 Å². The molecule has 1 aliphatic heterocycles. The van der Waals surface area contributed by atoms with Gasteiger partial charge in [-0.25, -0.2) is 0 Å². The molecule has 2 heteroatoms. The Morgan fingerprint density at radius 1 is 1.38 bits per heavy atom. The van der Waals surface area contributed by atoms with E-state index in [1.807, 2.05) is 0 Å². The van der Waals surface area contributed by atoms with E-state index in [1.54, 1.807) is 0 Å². The van der Waals surface area contributed by atoms with Crippen molar-refractivity contribution in [2.75, 3.05) is 0 Å². The number of carbonyl (C=O) groups excluding carboxylic acids is 1. The first-order valence-electron chi connectivity index (χ1n) is 5.09. The van der Waals surface area contributed by atoms with Crippen molar-refractivity contribution in [3.8, 4) is 0 Å². The molecule has 0 saturated carbocycles. The first kappa shape index (κ1) is 8.95. The molecule has 1 aliphatic carbocycles. The molecular formula is C11H16O2. The molecule has 2 rings (SSSR count). The van der Waals surface area contributed by atoms with Crippen molar-refractivity contribution in [2.24, 2.45) is 0 Å². The van der Waals surface area contributed by atoms with E-state index < -0.39 is 0 Å². The summed E-state index contributed by atoms with van der Waals surface area (Å²) in [7, 11) is 0. The lowest BCUT2D eigenvalue weighted by Gasteiger charge is -1.98. The number of carbonyl (C=O) groups is 1. The summed E-state index contributed by atoms with van der Waals surface area (Å²) in [4.78, 5) is 11.4. The van der Waals surface area contributed by atoms with Gasteiger partial charge in [0.05, 0.1) is 12.2 Å². The highest BCUT2D eigenvalue weighted by Crippen LogP contribution is 2.35. The number of hydrogen-bond donors (Lipinski definition) is 0. The quantitative estimate of drug-likeness (QED) is 0.623. The van der Waals surface area contributed by atoms with Gasteiger partial charge in [-0.05, 0) is 25.3 Å². The summed E-state index contributed by atoms with van der Waals surface area (Å²) >= 11 is 0. The van der Waals surface area contributed by atoms with E-state index >= 15 is 0 Å². The number of ether oxygens (including phenoxy) is 1. The number of Topliss-reactive ketones (excluding diaryl/α,β-unsaturated/α-hetero) is 1. The van der Waals surface area contributed by atoms with Crippen molar-refractivity contribution >= 4 is 5.78 Å². The Balaban J connectivity index is 1.95. The SMILES string of the molecule is CC[C@H]1O[C@H]1CC1=C(C)CCC1=O. The predicted molar refractivity (Wildman–Crippen MR) is 50.5 cm³/mol. The Morgan fingerprint density at radius 2 is 2.15 bits per heavy atom. The summed E-state index contributed by atoms with van der Waals surface area (Å²) in [5.41, 5.74) is 2.34. The Hall–Kier alpha value is -0.630. The maximum Gasteiger partial charge on any atom is 0.159 e. The van der Waals surface area contributed by atoms with Crippen molar-refractivity contribution in [1.29, 1.82) is 0 Å². The molecule has 0 bridgehead atoms. The first-order chi connectivity index (χ1) is 6.22. The van der Waals surface area contributed by atoms with E-state index in [2.05, 4.69) is 13.8 Å². The molecule has 13 heavy (non-hydrogen) atoms. The Morgan fingerprint density at radius 3 is 2.62 bits per heavy atom. The fourth-order valence-corrected chi connectivity index (χ4v) is 2.05. The van der Waals surface area contributed by atoms with Crippen molar-refractivity contribution in [3.63, 3.8) is 0 Å². The van der Waals surface area contributed by atoms with E-state index in [0.717, 1.165) is 31.3 Å². The van der Waals surface area contributed by atoms with Gasteiger partial charge in [-0.2, -0.15) is 0 Å². The minimum Gasteiger partial charge on any atom is -0.369 e. The second-order valence-electron chi connectivity index (χ2n) is 4.01. The molecule has 0 unspecified atom stereocenters. The number of rotatable bonds is 3. The number of ketones is 1. The third kappa shape index (κ3) is 1.68. The molecule has 72 valence electrons. The molecule has 0 spiro atoms. The van der Waals surface area contributed by atoms with E-state index in [0.29, 0.717) is 18.0 Å². The number of epoxide rings is 1. The second kappa shape index (κ2) is 3.26. The molecule has 2 nitrogen and oxygen atoms in total. The predicted octanol–water partition coefficient (Wildman–Crippen LogP) is 2.23. The van der Waals surface area contributed by atoms with Crippen LogP contribution in [0.4, 0.5) is 0 Å². The summed E-state index contributed by atoms with van der Waals surface area (Å²) in [6.07, 6.45) is 4.40. The maximum absolute atomic E-state index is 11.4. The molecule has 2 atom stereocenters. The molecule has 2 aliphatic rings. The monoisotopic (exact) mass is 180 g/mol. The zero-order valence-corrected chi connectivity index (χ0v) is 8.30. The lowest BCUT2D eigenvalue weighted by molar-refractivity contribution is -0.115. The molecule has 0 aromatic carbocycles. The van der Waals surface area contributed by atoms with Crippen LogP contribution >= 0.6 is 0 Å². The number of allylic oxidation sites excluding steroid dienone is 1. The maximum atomic E-state index is 11.4. The summed E-state index contributed by atoms with van der Waals surface area (Å²) in [5, 5.41) is 0. The molecule has 1 saturated heterocycles. The minimum atomic E-state index is 0.344. The van der Waals surface area contributed by atoms with Crippen LogP contribution in [0.1, 0.15) is 39.5 Å². The van der Waals surface area contributed by atoms with Gasteiger partial charge >= 0.3 is 0 Å². The van der Waals surface area contributed by atoms with Crippen molar-refractivity contribution < 1.29 is 9.53 Å². The zero-order valence-electron chi connectivity index (χ0n) is 8.30. The average molecular weight is 180 g/mol. The lowest BCUT2D eigenvalue weighted by Crippen LogP contribution is -2.02. The summed E-state index contributed by atoms with van der Waals surface area (Å²) in [6, 6.07) is 0. The molecule has 0 aromatic rings. The van der Waals surface area contributed by atoms with E-state index in [-0.39, 0.29) is 0 Å². The fourth-order valence-electron chi connectivity index (χ4n) is 2.05. The van der Waals surface area contributed by atoms with Crippen molar-refractivity contribution in [3.05, 3.63) is 11.1 Å². The van der Waals surface area contributed by atoms with Gasteiger partial charge in [0.1, 0.15) is 0 Å². The topological polar surface area (TPSA) is 29.6 Å². The summed E-state index contributed by atoms with van der Waals surface area (Å²) in [5.74, 6) is 0.350. The van der Waals surface area contributed by atoms with Crippen LogP contribution in [0.15, 0.2) is 11.1 Å². The second-order valence-corrected chi connectivity index (χ2v) is 4.01. The molecular weight excluding hydrogens is 164 g/mol. The van der Waals surface area contributed by atoms with Crippen LogP contribution in [-0.2, 0) is 9.53 Å². The molecule has 0 aromatic heterocycles.